The molecule has 0 spiro atoms. The average Bonchev–Trinajstić information content (AvgIpc) is 2.41. The molecular weight excluding hydrogens is 258 g/mol. The largest absolute Gasteiger partial charge is 0.478 e. The Morgan fingerprint density at radius 3 is 2.40 bits per heavy atom. The Labute approximate surface area is 117 Å². The van der Waals surface area contributed by atoms with Crippen LogP contribution in [0.3, 0.4) is 0 Å². The highest BCUT2D eigenvalue weighted by molar-refractivity contribution is 5.95. The van der Waals surface area contributed by atoms with E-state index >= 15 is 0 Å². The molecule has 0 aliphatic carbocycles. The number of hydrogen-bond donors (Lipinski definition) is 3. The van der Waals surface area contributed by atoms with Crippen molar-refractivity contribution >= 4 is 23.3 Å². The molecule has 0 radical (unpaired) electrons. The van der Waals surface area contributed by atoms with Gasteiger partial charge in [-0.15, -0.1) is 0 Å². The number of nitrogens with two attached hydrogens (primary N) is 2. The van der Waals surface area contributed by atoms with Gasteiger partial charge in [0.1, 0.15) is 0 Å². The Kier molecular flexibility index (Phi) is 3.83. The lowest BCUT2D eigenvalue weighted by Crippen LogP contribution is -2.38. The smallest absolute Gasteiger partial charge is 0.337 e. The van der Waals surface area contributed by atoms with Crippen molar-refractivity contribution in [1.29, 1.82) is 0 Å². The molecular formula is C14H19N3O3. The number of carbonyl (C=O) groups excluding carboxylic acids is 1. The summed E-state index contributed by atoms with van der Waals surface area (Å²) in [6.45, 7) is 3.17. The number of benzene rings is 1. The molecule has 0 aromatic heterocycles. The fraction of sp³-hybridized carbons (Fsp3) is 0.429. The highest BCUT2D eigenvalue weighted by Gasteiger charge is 2.24. The minimum atomic E-state index is -1.03. The summed E-state index contributed by atoms with van der Waals surface area (Å²) in [6, 6.07) is 3.47. The molecule has 0 bridgehead atoms. The van der Waals surface area contributed by atoms with E-state index in [1.807, 2.05) is 6.07 Å². The quantitative estimate of drug-likeness (QED) is 0.713. The molecule has 5 N–H and O–H groups in total. The van der Waals surface area contributed by atoms with Gasteiger partial charge in [-0.2, -0.15) is 0 Å². The highest BCUT2D eigenvalue weighted by Crippen LogP contribution is 2.28. The van der Waals surface area contributed by atoms with Crippen molar-refractivity contribution in [1.82, 2.24) is 0 Å². The fourth-order valence-corrected chi connectivity index (χ4v) is 2.56. The summed E-state index contributed by atoms with van der Waals surface area (Å²) >= 11 is 0. The molecule has 2 rings (SSSR count). The van der Waals surface area contributed by atoms with E-state index in [9.17, 15) is 9.59 Å². The van der Waals surface area contributed by atoms with E-state index in [0.717, 1.165) is 11.3 Å². The van der Waals surface area contributed by atoms with Crippen molar-refractivity contribution in [2.45, 2.75) is 19.8 Å². The lowest BCUT2D eigenvalue weighted by Gasteiger charge is -2.32. The predicted octanol–water partition coefficient (Wildman–Crippen LogP) is 0.977. The van der Waals surface area contributed by atoms with Crippen molar-refractivity contribution in [2.24, 2.45) is 11.7 Å². The topological polar surface area (TPSA) is 110 Å². The van der Waals surface area contributed by atoms with Crippen molar-refractivity contribution in [3.05, 3.63) is 23.3 Å². The maximum absolute atomic E-state index is 11.2. The van der Waals surface area contributed by atoms with Gasteiger partial charge in [-0.1, -0.05) is 0 Å². The second-order valence-electron chi connectivity index (χ2n) is 5.19. The van der Waals surface area contributed by atoms with E-state index in [-0.39, 0.29) is 17.4 Å². The van der Waals surface area contributed by atoms with Crippen LogP contribution in [-0.4, -0.2) is 30.1 Å². The standard InChI is InChI=1S/C14H19N3O3/c1-8-6-10(7-11(12(8)15)14(19)20)17-4-2-9(3-5-17)13(16)18/h6-7,9H,2-5,15H2,1H3,(H2,16,18)(H,19,20). The lowest BCUT2D eigenvalue weighted by atomic mass is 9.95. The summed E-state index contributed by atoms with van der Waals surface area (Å²) in [5.41, 5.74) is 13.1. The van der Waals surface area contributed by atoms with Gasteiger partial charge in [-0.05, 0) is 37.5 Å². The van der Waals surface area contributed by atoms with Gasteiger partial charge in [0.05, 0.1) is 5.56 Å². The van der Waals surface area contributed by atoms with Crippen LogP contribution in [0, 0.1) is 12.8 Å². The van der Waals surface area contributed by atoms with E-state index in [1.54, 1.807) is 13.0 Å². The average molecular weight is 277 g/mol. The molecule has 1 heterocycles. The zero-order valence-electron chi connectivity index (χ0n) is 11.4. The van der Waals surface area contributed by atoms with Crippen LogP contribution in [0.1, 0.15) is 28.8 Å². The first-order valence-electron chi connectivity index (χ1n) is 6.58. The summed E-state index contributed by atoms with van der Waals surface area (Å²) in [6.07, 6.45) is 1.39. The number of primary amides is 1. The molecule has 6 heteroatoms. The maximum atomic E-state index is 11.2. The Morgan fingerprint density at radius 1 is 1.30 bits per heavy atom. The lowest BCUT2D eigenvalue weighted by molar-refractivity contribution is -0.122. The van der Waals surface area contributed by atoms with Crippen LogP contribution in [0.15, 0.2) is 12.1 Å². The van der Waals surface area contributed by atoms with E-state index in [1.165, 1.54) is 0 Å². The molecule has 108 valence electrons. The summed E-state index contributed by atoms with van der Waals surface area (Å²) < 4.78 is 0. The van der Waals surface area contributed by atoms with E-state index < -0.39 is 5.97 Å². The van der Waals surface area contributed by atoms with Crippen LogP contribution in [0.5, 0.6) is 0 Å². The van der Waals surface area contributed by atoms with Gasteiger partial charge in [0, 0.05) is 30.4 Å². The normalized spacial score (nSPS) is 16.1. The van der Waals surface area contributed by atoms with Crippen molar-refractivity contribution in [2.75, 3.05) is 23.7 Å². The van der Waals surface area contributed by atoms with Crippen LogP contribution in [0.2, 0.25) is 0 Å². The SMILES string of the molecule is Cc1cc(N2CCC(C(N)=O)CC2)cc(C(=O)O)c1N. The first kappa shape index (κ1) is 14.2. The number of aromatic carboxylic acids is 1. The first-order valence-corrected chi connectivity index (χ1v) is 6.58. The molecule has 1 aromatic carbocycles. The summed E-state index contributed by atoms with van der Waals surface area (Å²) in [5.74, 6) is -1.37. The van der Waals surface area contributed by atoms with Gasteiger partial charge in [-0.3, -0.25) is 4.79 Å². The molecule has 0 saturated carbocycles. The third kappa shape index (κ3) is 2.68. The second-order valence-corrected chi connectivity index (χ2v) is 5.19. The van der Waals surface area contributed by atoms with Gasteiger partial charge in [-0.25, -0.2) is 4.79 Å². The number of aryl methyl sites for hydroxylation is 1. The number of amides is 1. The molecule has 1 saturated heterocycles. The Morgan fingerprint density at radius 2 is 1.90 bits per heavy atom. The predicted molar refractivity (Wildman–Crippen MR) is 76.7 cm³/mol. The number of anilines is 2. The maximum Gasteiger partial charge on any atom is 0.337 e. The zero-order valence-corrected chi connectivity index (χ0v) is 11.4. The van der Waals surface area contributed by atoms with Gasteiger partial charge in [0.25, 0.3) is 0 Å². The minimum absolute atomic E-state index is 0.0833. The van der Waals surface area contributed by atoms with Crippen LogP contribution >= 0.6 is 0 Å². The molecule has 1 aliphatic rings. The molecule has 1 amide bonds. The first-order chi connectivity index (χ1) is 9.40. The summed E-state index contributed by atoms with van der Waals surface area (Å²) in [7, 11) is 0. The van der Waals surface area contributed by atoms with Gasteiger partial charge in [0.2, 0.25) is 5.91 Å². The van der Waals surface area contributed by atoms with Crippen LogP contribution in [0.25, 0.3) is 0 Å². The van der Waals surface area contributed by atoms with Crippen LogP contribution < -0.4 is 16.4 Å². The zero-order chi connectivity index (χ0) is 14.9. The molecule has 0 atom stereocenters. The van der Waals surface area contributed by atoms with Crippen LogP contribution in [-0.2, 0) is 4.79 Å². The number of rotatable bonds is 3. The van der Waals surface area contributed by atoms with E-state index in [4.69, 9.17) is 16.6 Å². The third-order valence-corrected chi connectivity index (χ3v) is 3.86. The number of carboxylic acids is 1. The molecule has 1 aromatic rings. The Balaban J connectivity index is 2.22. The van der Waals surface area contributed by atoms with Crippen molar-refractivity contribution in [3.8, 4) is 0 Å². The van der Waals surface area contributed by atoms with E-state index in [0.29, 0.717) is 31.6 Å². The van der Waals surface area contributed by atoms with Gasteiger partial charge in [0.15, 0.2) is 0 Å². The molecule has 0 unspecified atom stereocenters. The number of nitrogens with zero attached hydrogens (tertiary/aromatic N) is 1. The fourth-order valence-electron chi connectivity index (χ4n) is 2.56. The van der Waals surface area contributed by atoms with Crippen LogP contribution in [0.4, 0.5) is 11.4 Å². The molecule has 1 fully saturated rings. The number of carboxylic acid groups (broad SMARTS) is 1. The van der Waals surface area contributed by atoms with Crippen molar-refractivity contribution in [3.63, 3.8) is 0 Å². The monoisotopic (exact) mass is 277 g/mol. The Hall–Kier alpha value is -2.24. The third-order valence-electron chi connectivity index (χ3n) is 3.86. The number of carbonyl (C=O) groups is 2. The Bertz CT molecular complexity index is 549. The van der Waals surface area contributed by atoms with Gasteiger partial charge >= 0.3 is 5.97 Å². The minimum Gasteiger partial charge on any atom is -0.478 e. The number of nitrogen functional groups attached to an aromatic ring is 1. The number of piperidine rings is 1. The molecule has 20 heavy (non-hydrogen) atoms. The second kappa shape index (κ2) is 5.40. The summed E-state index contributed by atoms with van der Waals surface area (Å²) in [5, 5.41) is 9.17. The van der Waals surface area contributed by atoms with Crippen molar-refractivity contribution < 1.29 is 14.7 Å². The molecule has 1 aliphatic heterocycles. The number of hydrogen-bond acceptors (Lipinski definition) is 4. The molecule has 6 nitrogen and oxygen atoms in total. The highest BCUT2D eigenvalue weighted by atomic mass is 16.4. The van der Waals surface area contributed by atoms with Gasteiger partial charge < -0.3 is 21.5 Å². The summed E-state index contributed by atoms with van der Waals surface area (Å²) in [4.78, 5) is 24.4. The van der Waals surface area contributed by atoms with E-state index in [2.05, 4.69) is 4.90 Å².